The van der Waals surface area contributed by atoms with Crippen molar-refractivity contribution < 1.29 is 4.74 Å². The smallest absolute Gasteiger partial charge is 0.0824 e. The van der Waals surface area contributed by atoms with Crippen LogP contribution in [0.1, 0.15) is 26.7 Å². The van der Waals surface area contributed by atoms with E-state index in [2.05, 4.69) is 18.7 Å². The Labute approximate surface area is 85.1 Å². The van der Waals surface area contributed by atoms with E-state index in [9.17, 15) is 0 Å². The molecule has 1 rings (SSSR count). The molecule has 0 spiro atoms. The summed E-state index contributed by atoms with van der Waals surface area (Å²) in [5, 5.41) is 0. The molecule has 1 aliphatic rings. The van der Waals surface area contributed by atoms with E-state index in [0.717, 1.165) is 12.6 Å². The first-order valence-corrected chi connectivity index (χ1v) is 7.08. The molecule has 0 aromatic carbocycles. The maximum absolute atomic E-state index is 5.31. The zero-order valence-electron chi connectivity index (χ0n) is 9.25. The standard InChI is InChI=1S/C10H23NOSi/c1-3-11(4-2)9(5-6-13)7-10-8-12-10/h9-10H,3-8H2,1-2,13H3. The third-order valence-corrected chi connectivity index (χ3v) is 3.47. The van der Waals surface area contributed by atoms with E-state index in [0.29, 0.717) is 6.10 Å². The Balaban J connectivity index is 2.32. The molecule has 1 fully saturated rings. The van der Waals surface area contributed by atoms with Crippen LogP contribution in [0.15, 0.2) is 0 Å². The molecule has 3 heteroatoms. The summed E-state index contributed by atoms with van der Waals surface area (Å²) in [6.45, 7) is 7.92. The summed E-state index contributed by atoms with van der Waals surface area (Å²) in [6, 6.07) is 2.22. The molecule has 0 aromatic rings. The Hall–Kier alpha value is 0.137. The summed E-state index contributed by atoms with van der Waals surface area (Å²) >= 11 is 0. The Morgan fingerprint density at radius 3 is 2.46 bits per heavy atom. The Bertz CT molecular complexity index is 135. The molecule has 78 valence electrons. The van der Waals surface area contributed by atoms with Crippen LogP contribution < -0.4 is 0 Å². The average Bonchev–Trinajstić information content (AvgIpc) is 2.91. The van der Waals surface area contributed by atoms with Gasteiger partial charge in [0.2, 0.25) is 0 Å². The van der Waals surface area contributed by atoms with E-state index in [4.69, 9.17) is 4.74 Å². The molecule has 0 N–H and O–H groups in total. The number of ether oxygens (including phenoxy) is 1. The van der Waals surface area contributed by atoms with Gasteiger partial charge in [-0.3, -0.25) is 0 Å². The minimum atomic E-state index is 0.596. The van der Waals surface area contributed by atoms with Gasteiger partial charge >= 0.3 is 0 Å². The largest absolute Gasteiger partial charge is 0.373 e. The zero-order chi connectivity index (χ0) is 9.68. The van der Waals surface area contributed by atoms with Crippen LogP contribution in [0.4, 0.5) is 0 Å². The van der Waals surface area contributed by atoms with Crippen molar-refractivity contribution in [3.05, 3.63) is 0 Å². The van der Waals surface area contributed by atoms with Gasteiger partial charge < -0.3 is 9.64 Å². The van der Waals surface area contributed by atoms with Crippen molar-refractivity contribution in [2.75, 3.05) is 19.7 Å². The van der Waals surface area contributed by atoms with Gasteiger partial charge in [-0.15, -0.1) is 0 Å². The minimum absolute atomic E-state index is 0.596. The fourth-order valence-corrected chi connectivity index (χ4v) is 2.70. The van der Waals surface area contributed by atoms with Crippen LogP contribution in [0.3, 0.4) is 0 Å². The van der Waals surface area contributed by atoms with Crippen LogP contribution in [0.25, 0.3) is 0 Å². The second-order valence-corrected chi connectivity index (χ2v) is 4.85. The summed E-state index contributed by atoms with van der Waals surface area (Å²) in [6.07, 6.45) is 3.25. The highest BCUT2D eigenvalue weighted by molar-refractivity contribution is 6.08. The van der Waals surface area contributed by atoms with E-state index >= 15 is 0 Å². The molecule has 0 aromatic heterocycles. The maximum atomic E-state index is 5.31. The SMILES string of the molecule is CCN(CC)C(CC[SiH3])CC1CO1. The van der Waals surface area contributed by atoms with Gasteiger partial charge in [-0.05, 0) is 25.9 Å². The van der Waals surface area contributed by atoms with E-state index < -0.39 is 0 Å². The molecular formula is C10H23NOSi. The lowest BCUT2D eigenvalue weighted by atomic mass is 10.1. The van der Waals surface area contributed by atoms with Crippen molar-refractivity contribution in [3.63, 3.8) is 0 Å². The van der Waals surface area contributed by atoms with Gasteiger partial charge in [-0.1, -0.05) is 19.9 Å². The van der Waals surface area contributed by atoms with E-state index in [1.807, 2.05) is 0 Å². The molecule has 0 radical (unpaired) electrons. The molecule has 2 unspecified atom stereocenters. The van der Waals surface area contributed by atoms with Gasteiger partial charge in [0, 0.05) is 16.3 Å². The van der Waals surface area contributed by atoms with Crippen molar-refractivity contribution >= 4 is 10.2 Å². The summed E-state index contributed by atoms with van der Waals surface area (Å²) in [4.78, 5) is 2.58. The van der Waals surface area contributed by atoms with Crippen molar-refractivity contribution in [1.82, 2.24) is 4.90 Å². The molecule has 2 atom stereocenters. The Morgan fingerprint density at radius 2 is 2.08 bits per heavy atom. The third kappa shape index (κ3) is 3.79. The van der Waals surface area contributed by atoms with Crippen molar-refractivity contribution in [2.24, 2.45) is 0 Å². The second-order valence-electron chi connectivity index (χ2n) is 3.85. The molecule has 2 nitrogen and oxygen atoms in total. The first-order valence-electron chi connectivity index (χ1n) is 5.67. The van der Waals surface area contributed by atoms with E-state index in [1.165, 1.54) is 42.2 Å². The minimum Gasteiger partial charge on any atom is -0.373 e. The number of hydrogen-bond acceptors (Lipinski definition) is 2. The fraction of sp³-hybridized carbons (Fsp3) is 1.00. The number of nitrogens with zero attached hydrogens (tertiary/aromatic N) is 1. The molecule has 0 bridgehead atoms. The van der Waals surface area contributed by atoms with Crippen molar-refractivity contribution in [3.8, 4) is 0 Å². The van der Waals surface area contributed by atoms with Crippen LogP contribution >= 0.6 is 0 Å². The van der Waals surface area contributed by atoms with Crippen LogP contribution in [0.2, 0.25) is 6.04 Å². The molecular weight excluding hydrogens is 178 g/mol. The molecule has 1 saturated heterocycles. The van der Waals surface area contributed by atoms with Gasteiger partial charge in [-0.25, -0.2) is 0 Å². The summed E-state index contributed by atoms with van der Waals surface area (Å²) in [5.41, 5.74) is 0. The zero-order valence-corrected chi connectivity index (χ0v) is 11.3. The van der Waals surface area contributed by atoms with Crippen LogP contribution in [-0.4, -0.2) is 47.0 Å². The molecule has 0 amide bonds. The van der Waals surface area contributed by atoms with Gasteiger partial charge in [0.1, 0.15) is 0 Å². The van der Waals surface area contributed by atoms with E-state index in [-0.39, 0.29) is 0 Å². The Kier molecular flexibility index (Phi) is 4.99. The molecule has 0 aliphatic carbocycles. The normalized spacial score (nSPS) is 23.8. The first kappa shape index (κ1) is 11.2. The fourth-order valence-electron chi connectivity index (χ4n) is 2.03. The topological polar surface area (TPSA) is 15.8 Å². The van der Waals surface area contributed by atoms with Gasteiger partial charge in [0.25, 0.3) is 0 Å². The van der Waals surface area contributed by atoms with Crippen molar-refractivity contribution in [1.29, 1.82) is 0 Å². The lowest BCUT2D eigenvalue weighted by Gasteiger charge is -2.29. The molecule has 13 heavy (non-hydrogen) atoms. The predicted molar refractivity (Wildman–Crippen MR) is 60.4 cm³/mol. The van der Waals surface area contributed by atoms with Gasteiger partial charge in [-0.2, -0.15) is 0 Å². The van der Waals surface area contributed by atoms with E-state index in [1.54, 1.807) is 0 Å². The Morgan fingerprint density at radius 1 is 1.46 bits per heavy atom. The highest BCUT2D eigenvalue weighted by Crippen LogP contribution is 2.21. The monoisotopic (exact) mass is 201 g/mol. The lowest BCUT2D eigenvalue weighted by molar-refractivity contribution is 0.187. The third-order valence-electron chi connectivity index (χ3n) is 2.89. The van der Waals surface area contributed by atoms with Crippen LogP contribution in [-0.2, 0) is 4.74 Å². The number of hydrogen-bond donors (Lipinski definition) is 0. The average molecular weight is 201 g/mol. The van der Waals surface area contributed by atoms with Gasteiger partial charge in [0.05, 0.1) is 12.7 Å². The number of epoxide rings is 1. The molecule has 0 saturated carbocycles. The maximum Gasteiger partial charge on any atom is 0.0824 e. The lowest BCUT2D eigenvalue weighted by Crippen LogP contribution is -2.36. The quantitative estimate of drug-likeness (QED) is 0.444. The first-order chi connectivity index (χ1) is 6.31. The highest BCUT2D eigenvalue weighted by atomic mass is 28.1. The van der Waals surface area contributed by atoms with Crippen LogP contribution in [0.5, 0.6) is 0 Å². The van der Waals surface area contributed by atoms with Gasteiger partial charge in [0.15, 0.2) is 0 Å². The molecule has 1 heterocycles. The molecule has 1 aliphatic heterocycles. The summed E-state index contributed by atoms with van der Waals surface area (Å²) in [7, 11) is 1.34. The second kappa shape index (κ2) is 5.78. The summed E-state index contributed by atoms with van der Waals surface area (Å²) in [5.74, 6) is 0. The highest BCUT2D eigenvalue weighted by Gasteiger charge is 2.28. The predicted octanol–water partition coefficient (Wildman–Crippen LogP) is 0.659. The summed E-state index contributed by atoms with van der Waals surface area (Å²) < 4.78 is 5.31. The van der Waals surface area contributed by atoms with Crippen molar-refractivity contribution in [2.45, 2.75) is 44.9 Å². The number of rotatable bonds is 7. The van der Waals surface area contributed by atoms with Crippen LogP contribution in [0, 0.1) is 0 Å².